The third-order valence-electron chi connectivity index (χ3n) is 11.1. The van der Waals surface area contributed by atoms with E-state index >= 15 is 0 Å². The number of ketones is 1. The average molecular weight is 591 g/mol. The molecule has 4 rings (SSSR count). The predicted molar refractivity (Wildman–Crippen MR) is 156 cm³/mol. The van der Waals surface area contributed by atoms with E-state index in [-0.39, 0.29) is 47.5 Å². The smallest absolute Gasteiger partial charge is 0.416 e. The van der Waals surface area contributed by atoms with Gasteiger partial charge in [0.25, 0.3) is 0 Å². The number of nitrogens with one attached hydrogen (secondary N) is 2. The number of amides is 3. The van der Waals surface area contributed by atoms with Crippen LogP contribution in [-0.4, -0.2) is 61.1 Å². The first-order valence-electron chi connectivity index (χ1n) is 15.4. The van der Waals surface area contributed by atoms with E-state index in [1.54, 1.807) is 34.0 Å². The van der Waals surface area contributed by atoms with E-state index in [0.717, 1.165) is 25.7 Å². The van der Waals surface area contributed by atoms with Gasteiger partial charge < -0.3 is 24.3 Å². The van der Waals surface area contributed by atoms with Gasteiger partial charge in [-0.2, -0.15) is 0 Å². The first kappa shape index (κ1) is 32.3. The van der Waals surface area contributed by atoms with Crippen molar-refractivity contribution in [3.63, 3.8) is 0 Å². The number of hydrogen-bond donors (Lipinski definition) is 2. The molecule has 8 atom stereocenters. The molecule has 0 aromatic heterocycles. The lowest BCUT2D eigenvalue weighted by Crippen LogP contribution is -2.63. The first-order valence-corrected chi connectivity index (χ1v) is 15.4. The van der Waals surface area contributed by atoms with Crippen molar-refractivity contribution in [2.75, 3.05) is 7.11 Å². The fraction of sp³-hybridized carbons (Fsp3) is 0.812. The summed E-state index contributed by atoms with van der Waals surface area (Å²) in [6, 6.07) is -0.177. The van der Waals surface area contributed by atoms with Gasteiger partial charge >= 0.3 is 18.3 Å². The van der Waals surface area contributed by atoms with E-state index in [0.29, 0.717) is 12.8 Å². The lowest BCUT2D eigenvalue weighted by molar-refractivity contribution is -0.188. The maximum absolute atomic E-state index is 14.0. The van der Waals surface area contributed by atoms with E-state index in [1.807, 2.05) is 6.92 Å². The Morgan fingerprint density at radius 2 is 1.62 bits per heavy atom. The summed E-state index contributed by atoms with van der Waals surface area (Å²) in [4.78, 5) is 51.8. The molecular formula is C32H50N2O8. The quantitative estimate of drug-likeness (QED) is 0.298. The number of alkyl carbamates (subject to hydrolysis) is 3. The predicted octanol–water partition coefficient (Wildman–Crippen LogP) is 5.92. The maximum atomic E-state index is 14.0. The van der Waals surface area contributed by atoms with Gasteiger partial charge in [-0.3, -0.25) is 4.79 Å². The van der Waals surface area contributed by atoms with Crippen LogP contribution in [0, 0.1) is 34.0 Å². The lowest BCUT2D eigenvalue weighted by Gasteiger charge is -2.61. The summed E-state index contributed by atoms with van der Waals surface area (Å²) in [5, 5.41) is 4.97. The number of carbonyl (C=O) groups is 4. The zero-order valence-corrected chi connectivity index (χ0v) is 26.5. The third kappa shape index (κ3) is 5.80. The van der Waals surface area contributed by atoms with Gasteiger partial charge in [0.15, 0.2) is 0 Å². The minimum atomic E-state index is -0.908. The van der Waals surface area contributed by atoms with Crippen LogP contribution >= 0.6 is 0 Å². The lowest BCUT2D eigenvalue weighted by atomic mass is 9.44. The molecule has 0 saturated heterocycles. The van der Waals surface area contributed by atoms with E-state index in [4.69, 9.17) is 18.9 Å². The Morgan fingerprint density at radius 1 is 1.00 bits per heavy atom. The van der Waals surface area contributed by atoms with Crippen LogP contribution in [-0.2, 0) is 23.7 Å². The largest absolute Gasteiger partial charge is 0.446 e. The highest BCUT2D eigenvalue weighted by Crippen LogP contribution is 2.68. The van der Waals surface area contributed by atoms with Crippen LogP contribution in [0.25, 0.3) is 0 Å². The second kappa shape index (κ2) is 11.5. The summed E-state index contributed by atoms with van der Waals surface area (Å²) < 4.78 is 22.8. The van der Waals surface area contributed by atoms with Crippen molar-refractivity contribution in [1.82, 2.24) is 10.6 Å². The molecule has 3 unspecified atom stereocenters. The molecule has 4 aliphatic carbocycles. The van der Waals surface area contributed by atoms with Crippen LogP contribution in [0.2, 0.25) is 0 Å². The Kier molecular flexibility index (Phi) is 8.82. The molecule has 0 aromatic rings. The normalized spacial score (nSPS) is 41.2. The number of carbonyl (C=O) groups excluding carboxylic acids is 4. The van der Waals surface area contributed by atoms with Crippen LogP contribution in [0.4, 0.5) is 14.4 Å². The summed E-state index contributed by atoms with van der Waals surface area (Å²) in [7, 11) is 1.72. The second-order valence-corrected chi connectivity index (χ2v) is 14.6. The highest BCUT2D eigenvalue weighted by molar-refractivity contribution is 5.90. The molecule has 4 aliphatic rings. The molecule has 2 N–H and O–H groups in total. The Labute approximate surface area is 250 Å². The van der Waals surface area contributed by atoms with Crippen LogP contribution in [0.1, 0.15) is 93.4 Å². The summed E-state index contributed by atoms with van der Waals surface area (Å²) >= 11 is 0. The number of Topliss-reactive ketones (excluding diaryl/α,β-unsaturated/α-hetero) is 1. The molecule has 4 saturated carbocycles. The number of rotatable bonds is 5. The Morgan fingerprint density at radius 3 is 2.21 bits per heavy atom. The minimum absolute atomic E-state index is 0.0150. The Hall–Kier alpha value is -2.62. The molecule has 0 heterocycles. The SMILES string of the molecule is C=C[C@]1(C)C[C@@H](OC(=O)NC(=O)OC2CC(NC(=O)OC(C)(C)C)C2)[C@]2(C)C(C)CC[C@]3(CCC(OC)C32)[C@@H](C)C1=O. The second-order valence-electron chi connectivity index (χ2n) is 14.6. The fourth-order valence-electron chi connectivity index (χ4n) is 8.47. The van der Waals surface area contributed by atoms with Gasteiger partial charge in [0.2, 0.25) is 0 Å². The monoisotopic (exact) mass is 590 g/mol. The molecule has 2 bridgehead atoms. The van der Waals surface area contributed by atoms with Crippen LogP contribution in [0.15, 0.2) is 12.7 Å². The summed E-state index contributed by atoms with van der Waals surface area (Å²) in [5.41, 5.74) is -2.25. The van der Waals surface area contributed by atoms with E-state index in [1.165, 1.54) is 0 Å². The molecule has 0 aliphatic heterocycles. The Balaban J connectivity index is 1.46. The van der Waals surface area contributed by atoms with Crippen LogP contribution < -0.4 is 10.6 Å². The summed E-state index contributed by atoms with van der Waals surface area (Å²) in [5.74, 6) is 0.137. The highest BCUT2D eigenvalue weighted by Gasteiger charge is 2.68. The van der Waals surface area contributed by atoms with Gasteiger partial charge in [-0.1, -0.05) is 26.8 Å². The van der Waals surface area contributed by atoms with Gasteiger partial charge in [0.1, 0.15) is 23.6 Å². The fourth-order valence-corrected chi connectivity index (χ4v) is 8.47. The van der Waals surface area contributed by atoms with Crippen molar-refractivity contribution in [2.45, 2.75) is 123 Å². The van der Waals surface area contributed by atoms with Crippen molar-refractivity contribution >= 4 is 24.1 Å². The highest BCUT2D eigenvalue weighted by atomic mass is 16.6. The zero-order chi connectivity index (χ0) is 31.3. The molecule has 3 amide bonds. The van der Waals surface area contributed by atoms with Gasteiger partial charge in [-0.05, 0) is 64.7 Å². The molecule has 0 aromatic carbocycles. The summed E-state index contributed by atoms with van der Waals surface area (Å²) in [6.07, 6.45) is 2.86. The van der Waals surface area contributed by atoms with Gasteiger partial charge in [0.05, 0.1) is 6.10 Å². The molecule has 0 radical (unpaired) electrons. The number of allylic oxidation sites excluding steroid dienone is 1. The average Bonchev–Trinajstić information content (AvgIpc) is 3.27. The Bertz CT molecular complexity index is 1100. The van der Waals surface area contributed by atoms with Crippen LogP contribution in [0.5, 0.6) is 0 Å². The van der Waals surface area contributed by atoms with Gasteiger partial charge in [0, 0.05) is 55.1 Å². The van der Waals surface area contributed by atoms with E-state index in [2.05, 4.69) is 38.0 Å². The van der Waals surface area contributed by atoms with Crippen molar-refractivity contribution in [2.24, 2.45) is 34.0 Å². The third-order valence-corrected chi connectivity index (χ3v) is 11.1. The minimum Gasteiger partial charge on any atom is -0.446 e. The molecule has 42 heavy (non-hydrogen) atoms. The zero-order valence-electron chi connectivity index (χ0n) is 26.5. The van der Waals surface area contributed by atoms with Crippen molar-refractivity contribution in [1.29, 1.82) is 0 Å². The van der Waals surface area contributed by atoms with E-state index < -0.39 is 46.9 Å². The molecule has 236 valence electrons. The number of ether oxygens (including phenoxy) is 4. The number of hydrogen-bond acceptors (Lipinski definition) is 8. The molecule has 0 spiro atoms. The van der Waals surface area contributed by atoms with E-state index in [9.17, 15) is 19.2 Å². The molecule has 10 heteroatoms. The molecule has 4 fully saturated rings. The van der Waals surface area contributed by atoms with Crippen LogP contribution in [0.3, 0.4) is 0 Å². The first-order chi connectivity index (χ1) is 19.5. The summed E-state index contributed by atoms with van der Waals surface area (Å²) in [6.45, 7) is 17.6. The van der Waals surface area contributed by atoms with Gasteiger partial charge in [-0.15, -0.1) is 6.58 Å². The molecule has 10 nitrogen and oxygen atoms in total. The van der Waals surface area contributed by atoms with Gasteiger partial charge in [-0.25, -0.2) is 19.7 Å². The van der Waals surface area contributed by atoms with Crippen molar-refractivity contribution < 1.29 is 38.1 Å². The van der Waals surface area contributed by atoms with Crippen molar-refractivity contribution in [3.8, 4) is 0 Å². The molecular weight excluding hydrogens is 540 g/mol. The topological polar surface area (TPSA) is 129 Å². The number of methoxy groups -OCH3 is 1. The number of imide groups is 1. The maximum Gasteiger partial charge on any atom is 0.416 e. The standard InChI is InChI=1S/C32H50N2O8/c1-10-30(7)17-23(31(8)18(2)11-13-32(19(3)25(30)35)14-12-22(39-9)24(31)32)41-27(37)34-26(36)40-21-15-20(16-21)33-28(38)42-29(4,5)6/h10,18-24H,1,11-17H2,2-9H3,(H,33,38)(H,34,36,37)/t18?,19-,20?,21?,22?,23+,24?,30+,31-,32-/m0/s1. The van der Waals surface area contributed by atoms with Crippen molar-refractivity contribution in [3.05, 3.63) is 12.7 Å².